The van der Waals surface area contributed by atoms with Crippen molar-refractivity contribution in [3.05, 3.63) is 131 Å². The summed E-state index contributed by atoms with van der Waals surface area (Å²) in [6, 6.07) is 23.1. The number of rotatable bonds is 7. The van der Waals surface area contributed by atoms with Crippen LogP contribution in [0.25, 0.3) is 5.76 Å². The maximum Gasteiger partial charge on any atom is 0.296 e. The molecule has 4 aromatic rings. The summed E-state index contributed by atoms with van der Waals surface area (Å²) in [5, 5.41) is 11.4. The van der Waals surface area contributed by atoms with Crippen molar-refractivity contribution in [2.75, 3.05) is 0 Å². The average Bonchev–Trinajstić information content (AvgIpc) is 3.18. The first-order valence-corrected chi connectivity index (χ1v) is 11.9. The molecule has 1 N–H and O–H groups in total. The van der Waals surface area contributed by atoms with E-state index in [0.29, 0.717) is 29.2 Å². The van der Waals surface area contributed by atoms with Gasteiger partial charge in [-0.25, -0.2) is 0 Å². The van der Waals surface area contributed by atoms with Crippen molar-refractivity contribution in [1.29, 1.82) is 0 Å². The second kappa shape index (κ2) is 10.5. The fourth-order valence-corrected chi connectivity index (χ4v) is 4.45. The third-order valence-corrected chi connectivity index (χ3v) is 6.31. The molecule has 1 aliphatic heterocycles. The van der Waals surface area contributed by atoms with Crippen LogP contribution < -0.4 is 4.74 Å². The average molecular weight is 492 g/mol. The number of hydrogen-bond donors (Lipinski definition) is 1. The molecule has 1 amide bonds. The third-order valence-electron chi connectivity index (χ3n) is 6.31. The van der Waals surface area contributed by atoms with Gasteiger partial charge in [0.05, 0.1) is 23.9 Å². The highest BCUT2D eigenvalue weighted by Gasteiger charge is 2.46. The summed E-state index contributed by atoms with van der Waals surface area (Å²) in [7, 11) is 0. The minimum atomic E-state index is -0.778. The largest absolute Gasteiger partial charge is 0.507 e. The number of pyridine rings is 2. The van der Waals surface area contributed by atoms with E-state index in [1.165, 1.54) is 4.90 Å². The van der Waals surface area contributed by atoms with Gasteiger partial charge in [0.1, 0.15) is 18.1 Å². The molecule has 37 heavy (non-hydrogen) atoms. The standard InChI is InChI=1S/C30H25N3O4/c1-20-17-23(10-11-25(20)37-19-21-7-3-2-4-8-21)28(34)26-27(22-12-15-31-16-13-22)33(30(36)29(26)35)18-24-9-5-6-14-32-24/h2-17,27,34H,18-19H2,1H3/b28-26-. The van der Waals surface area contributed by atoms with Crippen LogP contribution in [0.4, 0.5) is 0 Å². The molecule has 1 unspecified atom stereocenters. The Labute approximate surface area is 214 Å². The number of Topliss-reactive ketones (excluding diaryl/α,β-unsaturated/α-hetero) is 1. The molecule has 0 saturated carbocycles. The molecule has 2 aromatic heterocycles. The lowest BCUT2D eigenvalue weighted by Crippen LogP contribution is -2.29. The molecule has 7 nitrogen and oxygen atoms in total. The number of benzene rings is 2. The Morgan fingerprint density at radius 1 is 0.946 bits per heavy atom. The van der Waals surface area contributed by atoms with Crippen LogP contribution in [0.5, 0.6) is 5.75 Å². The van der Waals surface area contributed by atoms with Crippen molar-refractivity contribution in [3.8, 4) is 5.75 Å². The van der Waals surface area contributed by atoms with Crippen LogP contribution in [0.2, 0.25) is 0 Å². The zero-order valence-electron chi connectivity index (χ0n) is 20.2. The number of ether oxygens (including phenoxy) is 1. The van der Waals surface area contributed by atoms with Gasteiger partial charge < -0.3 is 14.7 Å². The lowest BCUT2D eigenvalue weighted by atomic mass is 9.95. The van der Waals surface area contributed by atoms with Gasteiger partial charge in [-0.3, -0.25) is 19.6 Å². The molecule has 5 rings (SSSR count). The molecule has 3 heterocycles. The highest BCUT2D eigenvalue weighted by molar-refractivity contribution is 6.46. The minimum absolute atomic E-state index is 0.0319. The molecule has 1 atom stereocenters. The number of aryl methyl sites for hydroxylation is 1. The number of carbonyl (C=O) groups excluding carboxylic acids is 2. The summed E-state index contributed by atoms with van der Waals surface area (Å²) in [6.07, 6.45) is 4.83. The Kier molecular flexibility index (Phi) is 6.76. The minimum Gasteiger partial charge on any atom is -0.507 e. The second-order valence-corrected chi connectivity index (χ2v) is 8.78. The lowest BCUT2D eigenvalue weighted by Gasteiger charge is -2.25. The van der Waals surface area contributed by atoms with Gasteiger partial charge in [0.25, 0.3) is 11.7 Å². The van der Waals surface area contributed by atoms with E-state index < -0.39 is 17.7 Å². The van der Waals surface area contributed by atoms with Crippen molar-refractivity contribution < 1.29 is 19.4 Å². The van der Waals surface area contributed by atoms with E-state index >= 15 is 0 Å². The quantitative estimate of drug-likeness (QED) is 0.223. The Morgan fingerprint density at radius 2 is 1.70 bits per heavy atom. The van der Waals surface area contributed by atoms with E-state index in [-0.39, 0.29) is 17.9 Å². The zero-order valence-corrected chi connectivity index (χ0v) is 20.2. The summed E-state index contributed by atoms with van der Waals surface area (Å²) >= 11 is 0. The Bertz CT molecular complexity index is 1450. The van der Waals surface area contributed by atoms with E-state index in [2.05, 4.69) is 9.97 Å². The fraction of sp³-hybridized carbons (Fsp3) is 0.133. The Hall–Kier alpha value is -4.78. The first kappa shape index (κ1) is 23.9. The molecular weight excluding hydrogens is 466 g/mol. The van der Waals surface area contributed by atoms with Gasteiger partial charge in [0.2, 0.25) is 0 Å². The number of nitrogens with zero attached hydrogens (tertiary/aromatic N) is 3. The van der Waals surface area contributed by atoms with E-state index in [1.807, 2.05) is 43.3 Å². The smallest absolute Gasteiger partial charge is 0.296 e. The van der Waals surface area contributed by atoms with Crippen LogP contribution in [-0.2, 0) is 22.7 Å². The number of carbonyl (C=O) groups is 2. The number of likely N-dealkylation sites (tertiary alicyclic amines) is 1. The van der Waals surface area contributed by atoms with Gasteiger partial charge >= 0.3 is 0 Å². The van der Waals surface area contributed by atoms with Crippen LogP contribution in [0.3, 0.4) is 0 Å². The summed E-state index contributed by atoms with van der Waals surface area (Å²) < 4.78 is 5.95. The van der Waals surface area contributed by atoms with Gasteiger partial charge in [0, 0.05) is 24.2 Å². The predicted octanol–water partition coefficient (Wildman–Crippen LogP) is 4.99. The summed E-state index contributed by atoms with van der Waals surface area (Å²) in [5.41, 5.74) is 3.61. The molecule has 2 aromatic carbocycles. The number of hydrogen-bond acceptors (Lipinski definition) is 6. The van der Waals surface area contributed by atoms with E-state index in [1.54, 1.807) is 61.1 Å². The van der Waals surface area contributed by atoms with Crippen LogP contribution in [0, 0.1) is 6.92 Å². The maximum atomic E-state index is 13.2. The van der Waals surface area contributed by atoms with Gasteiger partial charge in [-0.1, -0.05) is 36.4 Å². The molecule has 0 aliphatic carbocycles. The maximum absolute atomic E-state index is 13.2. The second-order valence-electron chi connectivity index (χ2n) is 8.78. The van der Waals surface area contributed by atoms with Crippen LogP contribution in [0.15, 0.2) is 103 Å². The van der Waals surface area contributed by atoms with E-state index in [9.17, 15) is 14.7 Å². The predicted molar refractivity (Wildman–Crippen MR) is 138 cm³/mol. The topological polar surface area (TPSA) is 92.6 Å². The molecule has 0 spiro atoms. The third kappa shape index (κ3) is 4.97. The lowest BCUT2D eigenvalue weighted by molar-refractivity contribution is -0.140. The fourth-order valence-electron chi connectivity index (χ4n) is 4.45. The molecule has 1 aliphatic rings. The highest BCUT2D eigenvalue weighted by atomic mass is 16.5. The summed E-state index contributed by atoms with van der Waals surface area (Å²) in [5.74, 6) is -0.992. The van der Waals surface area contributed by atoms with Gasteiger partial charge in [-0.15, -0.1) is 0 Å². The van der Waals surface area contributed by atoms with E-state index in [4.69, 9.17) is 4.74 Å². The number of aromatic nitrogens is 2. The summed E-state index contributed by atoms with van der Waals surface area (Å²) in [4.78, 5) is 36.2. The Balaban J connectivity index is 1.50. The number of ketones is 1. The van der Waals surface area contributed by atoms with Crippen molar-refractivity contribution in [1.82, 2.24) is 14.9 Å². The van der Waals surface area contributed by atoms with Crippen molar-refractivity contribution in [2.24, 2.45) is 0 Å². The molecule has 7 heteroatoms. The molecule has 184 valence electrons. The van der Waals surface area contributed by atoms with Gasteiger partial charge in [0.15, 0.2) is 0 Å². The molecule has 0 bridgehead atoms. The van der Waals surface area contributed by atoms with Crippen LogP contribution in [0.1, 0.15) is 34.0 Å². The van der Waals surface area contributed by atoms with Crippen molar-refractivity contribution >= 4 is 17.4 Å². The number of aliphatic hydroxyl groups excluding tert-OH is 1. The monoisotopic (exact) mass is 491 g/mol. The summed E-state index contributed by atoms with van der Waals surface area (Å²) in [6.45, 7) is 2.41. The highest BCUT2D eigenvalue weighted by Crippen LogP contribution is 2.40. The van der Waals surface area contributed by atoms with Crippen LogP contribution >= 0.6 is 0 Å². The molecule has 1 fully saturated rings. The van der Waals surface area contributed by atoms with Crippen molar-refractivity contribution in [2.45, 2.75) is 26.1 Å². The van der Waals surface area contributed by atoms with Crippen LogP contribution in [-0.4, -0.2) is 31.7 Å². The zero-order chi connectivity index (χ0) is 25.8. The normalized spacial score (nSPS) is 16.7. The first-order chi connectivity index (χ1) is 18.0. The molecule has 1 saturated heterocycles. The molecular formula is C30H25N3O4. The molecule has 0 radical (unpaired) electrons. The SMILES string of the molecule is Cc1cc(/C(O)=C2/C(=O)C(=O)N(Cc3ccccn3)C2c2ccncc2)ccc1OCc1ccccc1. The number of amides is 1. The first-order valence-electron chi connectivity index (χ1n) is 11.9. The van der Waals surface area contributed by atoms with E-state index in [0.717, 1.165) is 11.1 Å². The number of aliphatic hydroxyl groups is 1. The Morgan fingerprint density at radius 3 is 2.41 bits per heavy atom. The van der Waals surface area contributed by atoms with Gasteiger partial charge in [-0.2, -0.15) is 0 Å². The van der Waals surface area contributed by atoms with Crippen molar-refractivity contribution in [3.63, 3.8) is 0 Å². The van der Waals surface area contributed by atoms with Gasteiger partial charge in [-0.05, 0) is 66.1 Å².